The summed E-state index contributed by atoms with van der Waals surface area (Å²) in [5.41, 5.74) is 1.35. The molecule has 3 rings (SSSR count). The zero-order valence-electron chi connectivity index (χ0n) is 8.70. The van der Waals surface area contributed by atoms with Gasteiger partial charge in [0.15, 0.2) is 0 Å². The van der Waals surface area contributed by atoms with E-state index in [0.717, 1.165) is 26.2 Å². The highest BCUT2D eigenvalue weighted by atomic mass is 32.1. The number of fused-ring (bicyclic) bond motifs is 1. The number of piperazine rings is 1. The minimum absolute atomic E-state index is 1.14. The monoisotopic (exact) mass is 220 g/mol. The summed E-state index contributed by atoms with van der Waals surface area (Å²) in [6.07, 6.45) is 0. The first-order chi connectivity index (χ1) is 7.47. The van der Waals surface area contributed by atoms with Gasteiger partial charge in [0.25, 0.3) is 0 Å². The predicted octanol–water partition coefficient (Wildman–Crippen LogP) is 2.03. The molecule has 3 aliphatic rings. The summed E-state index contributed by atoms with van der Waals surface area (Å²) in [6.45, 7) is 4.56. The highest BCUT2D eigenvalue weighted by Gasteiger charge is 1.96. The van der Waals surface area contributed by atoms with Gasteiger partial charge >= 0.3 is 0 Å². The van der Waals surface area contributed by atoms with E-state index < -0.39 is 0 Å². The van der Waals surface area contributed by atoms with Crippen LogP contribution in [0.15, 0.2) is 35.7 Å². The van der Waals surface area contributed by atoms with Crippen LogP contribution in [0.1, 0.15) is 0 Å². The molecule has 2 nitrogen and oxygen atoms in total. The molecule has 0 atom stereocenters. The van der Waals surface area contributed by atoms with Crippen LogP contribution < -0.4 is 10.6 Å². The number of hydrogen-bond acceptors (Lipinski definition) is 3. The van der Waals surface area contributed by atoms with Gasteiger partial charge in [0.05, 0.1) is 0 Å². The second kappa shape index (κ2) is 5.85. The molecule has 15 heavy (non-hydrogen) atoms. The van der Waals surface area contributed by atoms with E-state index >= 15 is 0 Å². The zero-order valence-corrected chi connectivity index (χ0v) is 9.52. The number of nitrogens with one attached hydrogen (secondary N) is 2. The Balaban J connectivity index is 0.000000124. The Kier molecular flexibility index (Phi) is 4.14. The van der Waals surface area contributed by atoms with Gasteiger partial charge in [-0.3, -0.25) is 0 Å². The molecule has 0 unspecified atom stereocenters. The topological polar surface area (TPSA) is 24.1 Å². The maximum atomic E-state index is 3.22. The smallest absolute Gasteiger partial charge is 0.0342 e. The lowest BCUT2D eigenvalue weighted by Gasteiger charge is -2.11. The summed E-state index contributed by atoms with van der Waals surface area (Å²) in [6, 6.07) is 10.6. The van der Waals surface area contributed by atoms with Crippen LogP contribution in [-0.4, -0.2) is 26.2 Å². The second-order valence-electron chi connectivity index (χ2n) is 3.46. The standard InChI is InChI=1S/C8H6S.C4H10N2/c1-3-7-4-2-6-9-8(7)5-1;1-2-6-4-3-5-1/h1-6H;5-6H,1-4H2. The largest absolute Gasteiger partial charge is 0.314 e. The van der Waals surface area contributed by atoms with Gasteiger partial charge in [-0.15, -0.1) is 11.3 Å². The van der Waals surface area contributed by atoms with Crippen LogP contribution in [0.25, 0.3) is 10.4 Å². The molecule has 1 fully saturated rings. The van der Waals surface area contributed by atoms with Crippen molar-refractivity contribution in [2.24, 2.45) is 0 Å². The van der Waals surface area contributed by atoms with Crippen molar-refractivity contribution in [3.8, 4) is 10.4 Å². The van der Waals surface area contributed by atoms with Crippen LogP contribution in [0, 0.1) is 0 Å². The van der Waals surface area contributed by atoms with Crippen molar-refractivity contribution < 1.29 is 0 Å². The lowest BCUT2D eigenvalue weighted by Crippen LogP contribution is -2.39. The van der Waals surface area contributed by atoms with Crippen LogP contribution in [0.3, 0.4) is 0 Å². The first-order valence-corrected chi connectivity index (χ1v) is 6.18. The summed E-state index contributed by atoms with van der Waals surface area (Å²) in [5, 5.41) is 8.54. The van der Waals surface area contributed by atoms with Gasteiger partial charge in [-0.2, -0.15) is 0 Å². The van der Waals surface area contributed by atoms with Crippen LogP contribution in [0.2, 0.25) is 0 Å². The quantitative estimate of drug-likeness (QED) is 0.710. The van der Waals surface area contributed by atoms with Gasteiger partial charge in [-0.05, 0) is 17.0 Å². The predicted molar refractivity (Wildman–Crippen MR) is 66.7 cm³/mol. The molecule has 2 aliphatic heterocycles. The van der Waals surface area contributed by atoms with Crippen molar-refractivity contribution >= 4 is 11.3 Å². The molecule has 2 N–H and O–H groups in total. The summed E-state index contributed by atoms with van der Waals surface area (Å²) >= 11 is 1.78. The minimum atomic E-state index is 1.14. The van der Waals surface area contributed by atoms with Crippen molar-refractivity contribution in [3.05, 3.63) is 35.7 Å². The fraction of sp³-hybridized carbons (Fsp3) is 0.333. The van der Waals surface area contributed by atoms with Crippen molar-refractivity contribution in [1.82, 2.24) is 10.6 Å². The SMILES string of the molecule is C1CNCCN1.c1csc2cccc-2c1. The third kappa shape index (κ3) is 3.30. The van der Waals surface area contributed by atoms with Gasteiger partial charge in [0.1, 0.15) is 0 Å². The third-order valence-electron chi connectivity index (χ3n) is 2.31. The Morgan fingerprint density at radius 3 is 2.13 bits per heavy atom. The van der Waals surface area contributed by atoms with Gasteiger partial charge in [-0.1, -0.05) is 24.3 Å². The summed E-state index contributed by atoms with van der Waals surface area (Å²) < 4.78 is 0. The van der Waals surface area contributed by atoms with Crippen molar-refractivity contribution in [1.29, 1.82) is 0 Å². The van der Waals surface area contributed by atoms with Crippen LogP contribution in [0.4, 0.5) is 0 Å². The van der Waals surface area contributed by atoms with E-state index in [4.69, 9.17) is 0 Å². The van der Waals surface area contributed by atoms with Crippen molar-refractivity contribution in [3.63, 3.8) is 0 Å². The van der Waals surface area contributed by atoms with Crippen LogP contribution >= 0.6 is 11.3 Å². The number of hydrogen-bond donors (Lipinski definition) is 2. The van der Waals surface area contributed by atoms with E-state index in [2.05, 4.69) is 46.3 Å². The molecule has 2 heterocycles. The van der Waals surface area contributed by atoms with E-state index in [1.807, 2.05) is 0 Å². The first kappa shape index (κ1) is 10.6. The Hall–Kier alpha value is -0.900. The molecule has 0 spiro atoms. The molecule has 0 bridgehead atoms. The molecule has 1 aliphatic carbocycles. The fourth-order valence-corrected chi connectivity index (χ4v) is 2.25. The summed E-state index contributed by atoms with van der Waals surface area (Å²) in [4.78, 5) is 1.37. The fourth-order valence-electron chi connectivity index (χ4n) is 1.52. The summed E-state index contributed by atoms with van der Waals surface area (Å²) in [7, 11) is 0. The van der Waals surface area contributed by atoms with Crippen molar-refractivity contribution in [2.45, 2.75) is 0 Å². The van der Waals surface area contributed by atoms with E-state index in [-0.39, 0.29) is 0 Å². The van der Waals surface area contributed by atoms with E-state index in [0.29, 0.717) is 0 Å². The van der Waals surface area contributed by atoms with E-state index in [9.17, 15) is 0 Å². The molecule has 0 aromatic heterocycles. The highest BCUT2D eigenvalue weighted by Crippen LogP contribution is 2.25. The van der Waals surface area contributed by atoms with Gasteiger partial charge in [0, 0.05) is 31.1 Å². The molecule has 0 saturated carbocycles. The van der Waals surface area contributed by atoms with E-state index in [1.165, 1.54) is 10.4 Å². The zero-order chi connectivity index (χ0) is 10.3. The average Bonchev–Trinajstić information content (AvgIpc) is 2.80. The maximum Gasteiger partial charge on any atom is 0.0342 e. The molecular formula is C12H16N2S. The van der Waals surface area contributed by atoms with Gasteiger partial charge in [0.2, 0.25) is 0 Å². The first-order valence-electron chi connectivity index (χ1n) is 5.30. The Morgan fingerprint density at radius 1 is 0.867 bits per heavy atom. The van der Waals surface area contributed by atoms with Crippen LogP contribution in [0.5, 0.6) is 0 Å². The second-order valence-corrected chi connectivity index (χ2v) is 4.41. The van der Waals surface area contributed by atoms with Gasteiger partial charge in [-0.25, -0.2) is 0 Å². The molecule has 3 heteroatoms. The molecule has 0 aromatic carbocycles. The molecule has 0 aromatic rings. The Labute approximate surface area is 94.7 Å². The summed E-state index contributed by atoms with van der Waals surface area (Å²) in [5.74, 6) is 0. The average molecular weight is 220 g/mol. The van der Waals surface area contributed by atoms with E-state index in [1.54, 1.807) is 11.3 Å². The third-order valence-corrected chi connectivity index (χ3v) is 3.23. The van der Waals surface area contributed by atoms with Crippen molar-refractivity contribution in [2.75, 3.05) is 26.2 Å². The maximum absolute atomic E-state index is 3.22. The highest BCUT2D eigenvalue weighted by molar-refractivity contribution is 7.13. The molecule has 1 saturated heterocycles. The minimum Gasteiger partial charge on any atom is -0.314 e. The normalized spacial score (nSPS) is 15.7. The molecule has 0 radical (unpaired) electrons. The molecular weight excluding hydrogens is 204 g/mol. The Bertz CT molecular complexity index is 316. The Morgan fingerprint density at radius 2 is 1.53 bits per heavy atom. The lowest BCUT2D eigenvalue weighted by atomic mass is 10.3. The number of rotatable bonds is 0. The molecule has 0 amide bonds. The van der Waals surface area contributed by atoms with Gasteiger partial charge < -0.3 is 10.6 Å². The lowest BCUT2D eigenvalue weighted by molar-refractivity contribution is 0.534. The molecule has 80 valence electrons. The van der Waals surface area contributed by atoms with Crippen LogP contribution in [-0.2, 0) is 0 Å².